The predicted octanol–water partition coefficient (Wildman–Crippen LogP) is 2.11. The van der Waals surface area contributed by atoms with Gasteiger partial charge in [-0.2, -0.15) is 23.5 Å². The minimum Gasteiger partial charge on any atom is -0.276 e. The third kappa shape index (κ3) is 3.20. The Morgan fingerprint density at radius 3 is 2.55 bits per heavy atom. The first-order chi connectivity index (χ1) is 10.1. The zero-order valence-electron chi connectivity index (χ0n) is 11.1. The first-order valence-corrected chi connectivity index (χ1v) is 7.24. The number of aryl methyl sites for hydroxylation is 1. The van der Waals surface area contributed by atoms with Crippen LogP contribution in [0, 0.1) is 11.3 Å². The molecule has 0 radical (unpaired) electrons. The number of sulfonamides is 1. The van der Waals surface area contributed by atoms with E-state index in [-0.39, 0.29) is 5.69 Å². The second kappa shape index (κ2) is 5.34. The van der Waals surface area contributed by atoms with Gasteiger partial charge in [0.1, 0.15) is 0 Å². The number of hydrogen-bond donors (Lipinski definition) is 1. The Bertz CT molecular complexity index is 850. The Morgan fingerprint density at radius 1 is 1.36 bits per heavy atom. The number of anilines is 1. The number of nitrogens with zero attached hydrogens (tertiary/aromatic N) is 3. The Kier molecular flexibility index (Phi) is 3.85. The fraction of sp³-hybridized carbons (Fsp3) is 0.167. The molecule has 0 spiro atoms. The summed E-state index contributed by atoms with van der Waals surface area (Å²) in [5.41, 5.74) is -1.84. The minimum absolute atomic E-state index is 0.111. The maximum Gasteiger partial charge on any atom is 0.417 e. The van der Waals surface area contributed by atoms with E-state index < -0.39 is 32.2 Å². The number of hydrogen-bond acceptors (Lipinski definition) is 4. The van der Waals surface area contributed by atoms with Crippen molar-refractivity contribution in [2.45, 2.75) is 11.1 Å². The van der Waals surface area contributed by atoms with E-state index in [9.17, 15) is 21.6 Å². The van der Waals surface area contributed by atoms with Gasteiger partial charge in [0.05, 0.1) is 34.0 Å². The molecular weight excluding hydrogens is 321 g/mol. The van der Waals surface area contributed by atoms with Crippen molar-refractivity contribution in [2.24, 2.45) is 7.05 Å². The topological polar surface area (TPSA) is 87.8 Å². The molecule has 2 aromatic rings. The van der Waals surface area contributed by atoms with E-state index in [2.05, 4.69) is 9.82 Å². The molecule has 0 saturated carbocycles. The van der Waals surface area contributed by atoms with Gasteiger partial charge in [0, 0.05) is 13.2 Å². The van der Waals surface area contributed by atoms with Gasteiger partial charge in [0.25, 0.3) is 10.0 Å². The molecule has 0 bridgehead atoms. The van der Waals surface area contributed by atoms with E-state index >= 15 is 0 Å². The Morgan fingerprint density at radius 2 is 2.05 bits per heavy atom. The van der Waals surface area contributed by atoms with Gasteiger partial charge in [0.2, 0.25) is 0 Å². The molecule has 1 N–H and O–H groups in total. The molecule has 0 atom stereocenters. The van der Waals surface area contributed by atoms with Crippen LogP contribution in [0.1, 0.15) is 11.1 Å². The lowest BCUT2D eigenvalue weighted by molar-refractivity contribution is -0.137. The summed E-state index contributed by atoms with van der Waals surface area (Å²) in [5.74, 6) is 0. The zero-order chi connectivity index (χ0) is 16.5. The van der Waals surface area contributed by atoms with Crippen LogP contribution in [-0.4, -0.2) is 18.2 Å². The summed E-state index contributed by atoms with van der Waals surface area (Å²) in [4.78, 5) is -0.595. The van der Waals surface area contributed by atoms with E-state index in [1.807, 2.05) is 0 Å². The van der Waals surface area contributed by atoms with Crippen LogP contribution in [-0.2, 0) is 23.2 Å². The van der Waals surface area contributed by atoms with Crippen molar-refractivity contribution in [3.8, 4) is 6.07 Å². The molecule has 22 heavy (non-hydrogen) atoms. The van der Waals surface area contributed by atoms with Gasteiger partial charge in [-0.05, 0) is 18.2 Å². The summed E-state index contributed by atoms with van der Waals surface area (Å²) in [6, 6.07) is 3.57. The molecule has 116 valence electrons. The molecule has 0 amide bonds. The first kappa shape index (κ1) is 15.8. The Labute approximate surface area is 123 Å². The monoisotopic (exact) mass is 330 g/mol. The fourth-order valence-electron chi connectivity index (χ4n) is 1.71. The highest BCUT2D eigenvalue weighted by molar-refractivity contribution is 7.92. The summed E-state index contributed by atoms with van der Waals surface area (Å²) in [6.45, 7) is 0. The summed E-state index contributed by atoms with van der Waals surface area (Å²) in [7, 11) is -2.66. The van der Waals surface area contributed by atoms with Crippen LogP contribution in [0.4, 0.5) is 18.9 Å². The lowest BCUT2D eigenvalue weighted by Crippen LogP contribution is -2.15. The first-order valence-electron chi connectivity index (χ1n) is 5.76. The average molecular weight is 330 g/mol. The van der Waals surface area contributed by atoms with E-state index in [1.165, 1.54) is 23.1 Å². The number of benzene rings is 1. The van der Waals surface area contributed by atoms with E-state index in [4.69, 9.17) is 5.26 Å². The highest BCUT2D eigenvalue weighted by atomic mass is 32.2. The maximum atomic E-state index is 12.9. The standard InChI is InChI=1S/C12H9F3N4O2S/c1-19-7-9(6-17-19)18-22(20,21)10-3-2-8(5-16)11(4-10)12(13,14)15/h2-4,6-7,18H,1H3. The predicted molar refractivity (Wildman–Crippen MR) is 70.2 cm³/mol. The number of rotatable bonds is 3. The van der Waals surface area contributed by atoms with Crippen molar-refractivity contribution in [3.05, 3.63) is 41.7 Å². The number of halogens is 3. The van der Waals surface area contributed by atoms with Gasteiger partial charge in [-0.3, -0.25) is 9.40 Å². The molecular formula is C12H9F3N4O2S. The largest absolute Gasteiger partial charge is 0.417 e. The van der Waals surface area contributed by atoms with Gasteiger partial charge < -0.3 is 0 Å². The molecule has 0 aliphatic heterocycles. The van der Waals surface area contributed by atoms with Gasteiger partial charge in [-0.15, -0.1) is 0 Å². The number of nitriles is 1. The molecule has 1 aromatic heterocycles. The van der Waals surface area contributed by atoms with Crippen molar-refractivity contribution in [1.82, 2.24) is 9.78 Å². The maximum absolute atomic E-state index is 12.9. The lowest BCUT2D eigenvalue weighted by Gasteiger charge is -2.11. The molecule has 0 saturated heterocycles. The zero-order valence-corrected chi connectivity index (χ0v) is 11.9. The smallest absolute Gasteiger partial charge is 0.276 e. The van der Waals surface area contributed by atoms with Gasteiger partial charge in [0.15, 0.2) is 0 Å². The second-order valence-corrected chi connectivity index (χ2v) is 6.01. The second-order valence-electron chi connectivity index (χ2n) is 4.33. The van der Waals surface area contributed by atoms with Crippen molar-refractivity contribution in [1.29, 1.82) is 5.26 Å². The lowest BCUT2D eigenvalue weighted by atomic mass is 10.1. The van der Waals surface area contributed by atoms with Crippen LogP contribution in [0.15, 0.2) is 35.5 Å². The molecule has 1 heterocycles. The van der Waals surface area contributed by atoms with E-state index in [0.717, 1.165) is 12.1 Å². The van der Waals surface area contributed by atoms with Crippen LogP contribution in [0.2, 0.25) is 0 Å². The normalized spacial score (nSPS) is 12.0. The Hall–Kier alpha value is -2.54. The van der Waals surface area contributed by atoms with Crippen molar-refractivity contribution in [2.75, 3.05) is 4.72 Å². The molecule has 2 rings (SSSR count). The van der Waals surface area contributed by atoms with E-state index in [0.29, 0.717) is 6.07 Å². The third-order valence-corrected chi connectivity index (χ3v) is 4.06. The highest BCUT2D eigenvalue weighted by Crippen LogP contribution is 2.33. The molecule has 0 unspecified atom stereocenters. The van der Waals surface area contributed by atoms with Crippen LogP contribution < -0.4 is 4.72 Å². The summed E-state index contributed by atoms with van der Waals surface area (Å²) >= 11 is 0. The van der Waals surface area contributed by atoms with Crippen molar-refractivity contribution >= 4 is 15.7 Å². The summed E-state index contributed by atoms with van der Waals surface area (Å²) in [5, 5.41) is 12.4. The van der Waals surface area contributed by atoms with Crippen molar-refractivity contribution in [3.63, 3.8) is 0 Å². The molecule has 0 aliphatic carbocycles. The highest BCUT2D eigenvalue weighted by Gasteiger charge is 2.35. The van der Waals surface area contributed by atoms with Gasteiger partial charge >= 0.3 is 6.18 Å². The van der Waals surface area contributed by atoms with E-state index in [1.54, 1.807) is 7.05 Å². The quantitative estimate of drug-likeness (QED) is 0.933. The van der Waals surface area contributed by atoms with Crippen LogP contribution >= 0.6 is 0 Å². The van der Waals surface area contributed by atoms with Crippen LogP contribution in [0.25, 0.3) is 0 Å². The number of alkyl halides is 3. The fourth-order valence-corrected chi connectivity index (χ4v) is 2.76. The number of nitrogens with one attached hydrogen (secondary N) is 1. The van der Waals surface area contributed by atoms with Crippen LogP contribution in [0.5, 0.6) is 0 Å². The molecule has 1 aromatic carbocycles. The third-order valence-electron chi connectivity index (χ3n) is 2.68. The molecule has 6 nitrogen and oxygen atoms in total. The van der Waals surface area contributed by atoms with Crippen molar-refractivity contribution < 1.29 is 21.6 Å². The average Bonchev–Trinajstić information content (AvgIpc) is 2.81. The van der Waals surface area contributed by atoms with Gasteiger partial charge in [-0.25, -0.2) is 8.42 Å². The van der Waals surface area contributed by atoms with Crippen LogP contribution in [0.3, 0.4) is 0 Å². The number of aromatic nitrogens is 2. The molecule has 10 heteroatoms. The van der Waals surface area contributed by atoms with Gasteiger partial charge in [-0.1, -0.05) is 0 Å². The summed E-state index contributed by atoms with van der Waals surface area (Å²) < 4.78 is 66.2. The summed E-state index contributed by atoms with van der Waals surface area (Å²) in [6.07, 6.45) is -2.26. The molecule has 0 aliphatic rings. The Balaban J connectivity index is 2.46. The minimum atomic E-state index is -4.83. The molecule has 0 fully saturated rings. The SMILES string of the molecule is Cn1cc(NS(=O)(=O)c2ccc(C#N)c(C(F)(F)F)c2)cn1.